The summed E-state index contributed by atoms with van der Waals surface area (Å²) in [6.45, 7) is 0. The van der Waals surface area contributed by atoms with Crippen LogP contribution in [0.5, 0.6) is 0 Å². The van der Waals surface area contributed by atoms with Crippen LogP contribution in [0.3, 0.4) is 0 Å². The van der Waals surface area contributed by atoms with Crippen molar-refractivity contribution >= 4 is 75.9 Å². The normalized spacial score (nSPS) is 12.0. The Kier molecular flexibility index (Phi) is 5.15. The van der Waals surface area contributed by atoms with Crippen molar-refractivity contribution in [1.29, 1.82) is 0 Å². The van der Waals surface area contributed by atoms with E-state index in [0.717, 1.165) is 55.0 Å². The molecule has 0 bridgehead atoms. The third kappa shape index (κ3) is 3.51. The van der Waals surface area contributed by atoms with E-state index in [2.05, 4.69) is 103 Å². The zero-order chi connectivity index (χ0) is 30.4. The second-order valence-corrected chi connectivity index (χ2v) is 12.0. The number of hydrogen-bond donors (Lipinski definition) is 0. The Morgan fingerprint density at radius 1 is 0.370 bits per heavy atom. The summed E-state index contributed by atoms with van der Waals surface area (Å²) in [6.07, 6.45) is 0. The summed E-state index contributed by atoms with van der Waals surface area (Å²) in [6, 6.07) is 52.6. The zero-order valence-electron chi connectivity index (χ0n) is 24.7. The Morgan fingerprint density at radius 2 is 0.848 bits per heavy atom. The smallest absolute Gasteiger partial charge is 0.263 e. The quantitative estimate of drug-likeness (QED) is 0.189. The van der Waals surface area contributed by atoms with Crippen molar-refractivity contribution in [3.63, 3.8) is 0 Å². The van der Waals surface area contributed by atoms with E-state index in [9.17, 15) is 4.79 Å². The van der Waals surface area contributed by atoms with Gasteiger partial charge in [0.25, 0.3) is 5.56 Å². The number of aromatic nitrogens is 1. The summed E-state index contributed by atoms with van der Waals surface area (Å²) in [5.74, 6) is 0. The molecule has 0 unspecified atom stereocenters. The van der Waals surface area contributed by atoms with Gasteiger partial charge < -0.3 is 4.42 Å². The fourth-order valence-corrected chi connectivity index (χ4v) is 7.46. The molecule has 0 aliphatic carbocycles. The minimum absolute atomic E-state index is 0.0460. The first-order chi connectivity index (χ1) is 22.7. The molecule has 214 valence electrons. The molecule has 0 spiro atoms. The Bertz CT molecular complexity index is 2910. The van der Waals surface area contributed by atoms with Gasteiger partial charge in [0.05, 0.1) is 11.2 Å². The van der Waals surface area contributed by atoms with Gasteiger partial charge in [0.1, 0.15) is 11.2 Å². The fraction of sp³-hybridized carbons (Fsp3) is 0. The van der Waals surface area contributed by atoms with Crippen LogP contribution < -0.4 is 5.56 Å². The second kappa shape index (κ2) is 9.40. The summed E-state index contributed by atoms with van der Waals surface area (Å²) in [5.41, 5.74) is 5.44. The number of hydrogen-bond acceptors (Lipinski definition) is 2. The molecule has 0 atom stereocenters. The zero-order valence-corrected chi connectivity index (χ0v) is 24.7. The fourth-order valence-electron chi connectivity index (χ4n) is 7.46. The van der Waals surface area contributed by atoms with Crippen molar-refractivity contribution < 1.29 is 4.42 Å². The Labute approximate surface area is 263 Å². The molecule has 10 rings (SSSR count). The highest BCUT2D eigenvalue weighted by atomic mass is 16.3. The van der Waals surface area contributed by atoms with Crippen LogP contribution in [0.25, 0.3) is 92.7 Å². The van der Waals surface area contributed by atoms with Crippen molar-refractivity contribution in [3.05, 3.63) is 162 Å². The van der Waals surface area contributed by atoms with Crippen LogP contribution in [-0.2, 0) is 0 Å². The highest BCUT2D eigenvalue weighted by Crippen LogP contribution is 2.38. The van der Waals surface area contributed by atoms with Gasteiger partial charge in [0.15, 0.2) is 0 Å². The molecule has 2 heterocycles. The molecule has 2 aromatic heterocycles. The Morgan fingerprint density at radius 3 is 1.54 bits per heavy atom. The molecule has 0 aliphatic heterocycles. The SMILES string of the molecule is O=c1c2ccccc2c2cc(-c3ccc4c5ccccc5c5ccccc5c4c3)ccc2n1-c1ccc2c(c1)oc1ccccc12. The molecular weight excluding hydrogens is 562 g/mol. The van der Waals surface area contributed by atoms with Crippen LogP contribution in [0, 0.1) is 0 Å². The molecular formula is C43H25NO2. The first kappa shape index (κ1) is 25.2. The lowest BCUT2D eigenvalue weighted by Crippen LogP contribution is -2.19. The van der Waals surface area contributed by atoms with Gasteiger partial charge in [-0.05, 0) is 91.3 Å². The van der Waals surface area contributed by atoms with E-state index in [1.807, 2.05) is 53.1 Å². The van der Waals surface area contributed by atoms with Crippen molar-refractivity contribution in [3.8, 4) is 16.8 Å². The molecule has 0 saturated heterocycles. The minimum atomic E-state index is -0.0460. The van der Waals surface area contributed by atoms with E-state index in [1.54, 1.807) is 0 Å². The van der Waals surface area contributed by atoms with Gasteiger partial charge in [-0.25, -0.2) is 0 Å². The lowest BCUT2D eigenvalue weighted by Gasteiger charge is -2.15. The maximum Gasteiger partial charge on any atom is 0.263 e. The third-order valence-corrected chi connectivity index (χ3v) is 9.59. The maximum atomic E-state index is 14.1. The van der Waals surface area contributed by atoms with E-state index >= 15 is 0 Å². The Balaban J connectivity index is 1.23. The summed E-state index contributed by atoms with van der Waals surface area (Å²) < 4.78 is 8.04. The van der Waals surface area contributed by atoms with Gasteiger partial charge in [-0.1, -0.05) is 103 Å². The number of furan rings is 1. The molecule has 0 saturated carbocycles. The van der Waals surface area contributed by atoms with Crippen LogP contribution in [0.2, 0.25) is 0 Å². The number of fused-ring (bicyclic) bond motifs is 12. The number of benzene rings is 8. The van der Waals surface area contributed by atoms with E-state index in [4.69, 9.17) is 4.42 Å². The summed E-state index contributed by atoms with van der Waals surface area (Å²) >= 11 is 0. The molecule has 0 fully saturated rings. The summed E-state index contributed by atoms with van der Waals surface area (Å²) in [7, 11) is 0. The lowest BCUT2D eigenvalue weighted by molar-refractivity contribution is 0.668. The predicted octanol–water partition coefficient (Wildman–Crippen LogP) is 11.2. The van der Waals surface area contributed by atoms with Crippen LogP contribution in [-0.4, -0.2) is 4.57 Å². The van der Waals surface area contributed by atoms with Gasteiger partial charge >= 0.3 is 0 Å². The van der Waals surface area contributed by atoms with Crippen LogP contribution in [0.1, 0.15) is 0 Å². The molecule has 0 N–H and O–H groups in total. The third-order valence-electron chi connectivity index (χ3n) is 9.59. The van der Waals surface area contributed by atoms with Crippen molar-refractivity contribution in [2.24, 2.45) is 0 Å². The highest BCUT2D eigenvalue weighted by molar-refractivity contribution is 6.25. The minimum Gasteiger partial charge on any atom is -0.456 e. The topological polar surface area (TPSA) is 35.1 Å². The predicted molar refractivity (Wildman–Crippen MR) is 192 cm³/mol. The molecule has 0 aliphatic rings. The second-order valence-electron chi connectivity index (χ2n) is 12.0. The van der Waals surface area contributed by atoms with Gasteiger partial charge in [-0.15, -0.1) is 0 Å². The van der Waals surface area contributed by atoms with Gasteiger partial charge in [-0.2, -0.15) is 0 Å². The molecule has 3 heteroatoms. The van der Waals surface area contributed by atoms with Gasteiger partial charge in [0.2, 0.25) is 0 Å². The molecule has 0 radical (unpaired) electrons. The van der Waals surface area contributed by atoms with E-state index < -0.39 is 0 Å². The first-order valence-electron chi connectivity index (χ1n) is 15.6. The van der Waals surface area contributed by atoms with E-state index in [-0.39, 0.29) is 5.56 Å². The maximum absolute atomic E-state index is 14.1. The first-order valence-corrected chi connectivity index (χ1v) is 15.6. The van der Waals surface area contributed by atoms with Crippen LogP contribution in [0.15, 0.2) is 161 Å². The van der Waals surface area contributed by atoms with Crippen LogP contribution in [0.4, 0.5) is 0 Å². The van der Waals surface area contributed by atoms with Crippen molar-refractivity contribution in [2.45, 2.75) is 0 Å². The molecule has 46 heavy (non-hydrogen) atoms. The van der Waals surface area contributed by atoms with Gasteiger partial charge in [-0.3, -0.25) is 9.36 Å². The number of rotatable bonds is 2. The number of para-hydroxylation sites is 1. The summed E-state index contributed by atoms with van der Waals surface area (Å²) in [4.78, 5) is 14.1. The molecule has 8 aromatic carbocycles. The molecule has 10 aromatic rings. The molecule has 0 amide bonds. The monoisotopic (exact) mass is 587 g/mol. The standard InChI is InChI=1S/C43H25NO2/c45-43-37-15-6-5-13-33(37)39-24-27(18-22-40(39)44(43)28-19-21-36-35-14-7-8-16-41(35)46-42(36)25-28)26-17-20-34-31-11-2-1-9-29(31)30-10-3-4-12-32(30)38(34)23-26/h1-25H. The van der Waals surface area contributed by atoms with E-state index in [0.29, 0.717) is 5.39 Å². The van der Waals surface area contributed by atoms with Gasteiger partial charge in [0, 0.05) is 27.6 Å². The summed E-state index contributed by atoms with van der Waals surface area (Å²) in [5, 5.41) is 12.3. The lowest BCUT2D eigenvalue weighted by atomic mass is 9.91. The van der Waals surface area contributed by atoms with Crippen LogP contribution >= 0.6 is 0 Å². The average molecular weight is 588 g/mol. The number of nitrogens with zero attached hydrogens (tertiary/aromatic N) is 1. The molecule has 3 nitrogen and oxygen atoms in total. The van der Waals surface area contributed by atoms with E-state index in [1.165, 1.54) is 32.3 Å². The average Bonchev–Trinajstić information content (AvgIpc) is 3.49. The van der Waals surface area contributed by atoms with Crippen molar-refractivity contribution in [2.75, 3.05) is 0 Å². The largest absolute Gasteiger partial charge is 0.456 e. The number of pyridine rings is 1. The Hall–Kier alpha value is -6.19. The van der Waals surface area contributed by atoms with Crippen molar-refractivity contribution in [1.82, 2.24) is 4.57 Å². The highest BCUT2D eigenvalue weighted by Gasteiger charge is 2.16.